The second-order valence-corrected chi connectivity index (χ2v) is 16.1. The molecule has 3 heteroatoms. The second kappa shape index (κ2) is 10.5. The molecule has 0 heterocycles. The van der Waals surface area contributed by atoms with Gasteiger partial charge in [-0.2, -0.15) is 0 Å². The van der Waals surface area contributed by atoms with Crippen molar-refractivity contribution in [1.82, 2.24) is 0 Å². The van der Waals surface area contributed by atoms with Gasteiger partial charge in [0.05, 0.1) is 11.7 Å². The van der Waals surface area contributed by atoms with Gasteiger partial charge in [-0.05, 0) is 105 Å². The van der Waals surface area contributed by atoms with Crippen LogP contribution >= 0.6 is 11.8 Å². The first-order valence-electron chi connectivity index (χ1n) is 15.6. The van der Waals surface area contributed by atoms with Crippen LogP contribution in [0.5, 0.6) is 0 Å². The van der Waals surface area contributed by atoms with Crippen LogP contribution in [-0.4, -0.2) is 27.2 Å². The van der Waals surface area contributed by atoms with Crippen molar-refractivity contribution in [3.05, 3.63) is 29.8 Å². The van der Waals surface area contributed by atoms with Crippen LogP contribution in [0, 0.1) is 53.3 Å². The number of aliphatic hydroxyl groups is 2. The summed E-state index contributed by atoms with van der Waals surface area (Å²) in [6, 6.07) is 8.88. The largest absolute Gasteiger partial charge is 0.393 e. The minimum absolute atomic E-state index is 0.0974. The normalized spacial score (nSPS) is 44.2. The Morgan fingerprint density at radius 3 is 2.38 bits per heavy atom. The molecule has 4 aliphatic rings. The first-order valence-corrected chi connectivity index (χ1v) is 16.5. The van der Waals surface area contributed by atoms with Gasteiger partial charge < -0.3 is 10.2 Å². The summed E-state index contributed by atoms with van der Waals surface area (Å²) in [6.07, 6.45) is 12.6. The smallest absolute Gasteiger partial charge is 0.0849 e. The van der Waals surface area contributed by atoms with Crippen molar-refractivity contribution < 1.29 is 10.2 Å². The molecule has 1 aromatic carbocycles. The number of aliphatic hydroxyl groups excluding tert-OH is 1. The molecule has 0 aliphatic heterocycles. The maximum Gasteiger partial charge on any atom is 0.0849 e. The first-order chi connectivity index (χ1) is 17.5. The lowest BCUT2D eigenvalue weighted by Crippen LogP contribution is -2.67. The molecular formula is C34H54O2S. The molecule has 2 N–H and O–H groups in total. The average Bonchev–Trinajstić information content (AvgIpc) is 3.19. The molecule has 208 valence electrons. The van der Waals surface area contributed by atoms with Gasteiger partial charge >= 0.3 is 0 Å². The van der Waals surface area contributed by atoms with Gasteiger partial charge in [0.15, 0.2) is 0 Å². The van der Waals surface area contributed by atoms with Gasteiger partial charge in [-0.15, -0.1) is 11.8 Å². The van der Waals surface area contributed by atoms with Crippen LogP contribution in [0.25, 0.3) is 0 Å². The van der Waals surface area contributed by atoms with Crippen LogP contribution in [0.15, 0.2) is 29.2 Å². The molecule has 0 amide bonds. The predicted molar refractivity (Wildman–Crippen MR) is 157 cm³/mol. The molecule has 2 nitrogen and oxygen atoms in total. The predicted octanol–water partition coefficient (Wildman–Crippen LogP) is 8.66. The molecular weight excluding hydrogens is 472 g/mol. The van der Waals surface area contributed by atoms with Gasteiger partial charge in [0, 0.05) is 22.0 Å². The monoisotopic (exact) mass is 526 g/mol. The molecule has 5 rings (SSSR count). The van der Waals surface area contributed by atoms with E-state index in [-0.39, 0.29) is 16.8 Å². The summed E-state index contributed by atoms with van der Waals surface area (Å²) < 4.78 is 0. The lowest BCUT2D eigenvalue weighted by Gasteiger charge is -2.66. The molecule has 4 fully saturated rings. The number of rotatable bonds is 7. The molecule has 0 saturated heterocycles. The van der Waals surface area contributed by atoms with E-state index in [1.54, 1.807) is 0 Å². The van der Waals surface area contributed by atoms with E-state index in [2.05, 4.69) is 65.8 Å². The van der Waals surface area contributed by atoms with Crippen LogP contribution in [-0.2, 0) is 0 Å². The highest BCUT2D eigenvalue weighted by atomic mass is 32.2. The summed E-state index contributed by atoms with van der Waals surface area (Å²) in [5, 5.41) is 23.5. The Bertz CT molecular complexity index is 928. The van der Waals surface area contributed by atoms with Gasteiger partial charge in [0.25, 0.3) is 0 Å². The van der Waals surface area contributed by atoms with Crippen molar-refractivity contribution in [2.75, 3.05) is 0 Å². The highest BCUT2D eigenvalue weighted by Crippen LogP contribution is 2.70. The van der Waals surface area contributed by atoms with E-state index in [1.165, 1.54) is 55.4 Å². The van der Waals surface area contributed by atoms with Gasteiger partial charge in [0.2, 0.25) is 0 Å². The molecule has 1 aromatic rings. The van der Waals surface area contributed by atoms with Crippen molar-refractivity contribution in [1.29, 1.82) is 0 Å². The molecule has 0 radical (unpaired) electrons. The fourth-order valence-corrected chi connectivity index (χ4v) is 11.7. The Labute approximate surface area is 231 Å². The Morgan fingerprint density at radius 2 is 1.68 bits per heavy atom. The lowest BCUT2D eigenvalue weighted by atomic mass is 9.43. The van der Waals surface area contributed by atoms with Crippen molar-refractivity contribution >= 4 is 11.8 Å². The quantitative estimate of drug-likeness (QED) is 0.373. The van der Waals surface area contributed by atoms with Gasteiger partial charge in [-0.3, -0.25) is 0 Å². The fraction of sp³-hybridized carbons (Fsp3) is 0.824. The number of hydrogen-bond acceptors (Lipinski definition) is 3. The zero-order valence-electron chi connectivity index (χ0n) is 24.5. The SMILES string of the molecule is Cc1ccc(S[C@@H]2C[C@H]3[C@@H]4CC[C@H]([C@H](C)CCCC(C)C)[C@@]4(C)CC[C@@H]3[C@@]3(C)CC[C@H](O)C[C@]23O)cc1. The Kier molecular flexibility index (Phi) is 7.94. The summed E-state index contributed by atoms with van der Waals surface area (Å²) in [4.78, 5) is 1.27. The highest BCUT2D eigenvalue weighted by Gasteiger charge is 2.67. The van der Waals surface area contributed by atoms with E-state index in [0.717, 1.165) is 42.9 Å². The van der Waals surface area contributed by atoms with Gasteiger partial charge in [-0.1, -0.05) is 71.6 Å². The molecule has 0 spiro atoms. The Balaban J connectivity index is 1.42. The summed E-state index contributed by atoms with van der Waals surface area (Å²) in [5.41, 5.74) is 0.849. The van der Waals surface area contributed by atoms with Crippen molar-refractivity contribution in [2.45, 2.75) is 134 Å². The van der Waals surface area contributed by atoms with Crippen molar-refractivity contribution in [3.63, 3.8) is 0 Å². The van der Waals surface area contributed by atoms with Crippen LogP contribution in [0.4, 0.5) is 0 Å². The summed E-state index contributed by atoms with van der Waals surface area (Å²) in [5.74, 6) is 4.58. The summed E-state index contributed by atoms with van der Waals surface area (Å²) in [7, 11) is 0. The molecule has 37 heavy (non-hydrogen) atoms. The summed E-state index contributed by atoms with van der Waals surface area (Å²) in [6.45, 7) is 14.5. The third kappa shape index (κ3) is 4.86. The third-order valence-electron chi connectivity index (χ3n) is 12.3. The highest BCUT2D eigenvalue weighted by molar-refractivity contribution is 8.00. The molecule has 0 bridgehead atoms. The van der Waals surface area contributed by atoms with Crippen LogP contribution in [0.2, 0.25) is 0 Å². The zero-order valence-corrected chi connectivity index (χ0v) is 25.3. The minimum atomic E-state index is -0.794. The standard InChI is InChI=1S/C34H54O2S/c1-22(2)8-7-9-24(4)28-14-15-29-27-20-31(37-26-12-10-23(3)11-13-26)34(36)21-25(35)16-19-33(34,6)30(27)17-18-32(28,29)5/h10-13,22,24-25,27-31,35-36H,7-9,14-21H2,1-6H3/t24-,25+,27+,28-,29+,30+,31-,32-,33-,34+/m1/s1. The van der Waals surface area contributed by atoms with Crippen LogP contribution < -0.4 is 0 Å². The van der Waals surface area contributed by atoms with E-state index >= 15 is 0 Å². The zero-order chi connectivity index (χ0) is 26.6. The molecule has 0 unspecified atom stereocenters. The van der Waals surface area contributed by atoms with Gasteiger partial charge in [0.1, 0.15) is 0 Å². The Morgan fingerprint density at radius 1 is 0.946 bits per heavy atom. The van der Waals surface area contributed by atoms with Crippen LogP contribution in [0.1, 0.15) is 111 Å². The van der Waals surface area contributed by atoms with Gasteiger partial charge in [-0.25, -0.2) is 0 Å². The number of aryl methyl sites for hydroxylation is 1. The maximum atomic E-state index is 12.5. The Hall–Kier alpha value is -0.510. The van der Waals surface area contributed by atoms with E-state index < -0.39 is 5.60 Å². The van der Waals surface area contributed by atoms with Crippen LogP contribution in [0.3, 0.4) is 0 Å². The van der Waals surface area contributed by atoms with Crippen molar-refractivity contribution in [3.8, 4) is 0 Å². The number of thioether (sulfide) groups is 1. The molecule has 10 atom stereocenters. The number of hydrogen-bond donors (Lipinski definition) is 2. The number of fused-ring (bicyclic) bond motifs is 5. The average molecular weight is 527 g/mol. The second-order valence-electron chi connectivity index (χ2n) is 14.8. The van der Waals surface area contributed by atoms with E-state index in [4.69, 9.17) is 0 Å². The fourth-order valence-electron chi connectivity index (χ4n) is 10.2. The lowest BCUT2D eigenvalue weighted by molar-refractivity contribution is -0.216. The van der Waals surface area contributed by atoms with E-state index in [0.29, 0.717) is 23.7 Å². The molecule has 4 saturated carbocycles. The third-order valence-corrected chi connectivity index (χ3v) is 13.7. The molecule has 4 aliphatic carbocycles. The minimum Gasteiger partial charge on any atom is -0.393 e. The van der Waals surface area contributed by atoms with E-state index in [9.17, 15) is 10.2 Å². The topological polar surface area (TPSA) is 40.5 Å². The summed E-state index contributed by atoms with van der Waals surface area (Å²) >= 11 is 1.91. The number of benzene rings is 1. The first kappa shape index (κ1) is 28.0. The van der Waals surface area contributed by atoms with E-state index in [1.807, 2.05) is 11.8 Å². The molecule has 0 aromatic heterocycles. The van der Waals surface area contributed by atoms with Crippen molar-refractivity contribution in [2.24, 2.45) is 46.3 Å². The maximum absolute atomic E-state index is 12.5.